The Morgan fingerprint density at radius 1 is 1.29 bits per heavy atom. The highest BCUT2D eigenvalue weighted by Crippen LogP contribution is 2.27. The van der Waals surface area contributed by atoms with Crippen molar-refractivity contribution in [2.24, 2.45) is 5.73 Å². The van der Waals surface area contributed by atoms with Gasteiger partial charge in [-0.1, -0.05) is 0 Å². The maximum Gasteiger partial charge on any atom is 0.407 e. The number of thiazole rings is 2. The van der Waals surface area contributed by atoms with Gasteiger partial charge in [-0.15, -0.1) is 22.7 Å². The van der Waals surface area contributed by atoms with E-state index < -0.39 is 11.0 Å². The summed E-state index contributed by atoms with van der Waals surface area (Å²) in [4.78, 5) is 31.7. The number of benzene rings is 1. The average Bonchev–Trinajstić information content (AvgIpc) is 3.34. The molecule has 9 nitrogen and oxygen atoms in total. The first kappa shape index (κ1) is 19.9. The molecule has 0 unspecified atom stereocenters. The maximum atomic E-state index is 11.8. The largest absolute Gasteiger partial charge is 0.445 e. The van der Waals surface area contributed by atoms with Crippen molar-refractivity contribution >= 4 is 34.5 Å². The lowest BCUT2D eigenvalue weighted by molar-refractivity contribution is -0.384. The molecule has 0 fully saturated rings. The third-order valence-corrected chi connectivity index (χ3v) is 5.55. The van der Waals surface area contributed by atoms with E-state index in [4.69, 9.17) is 10.5 Å². The molecule has 0 aliphatic rings. The second-order valence-electron chi connectivity index (χ2n) is 5.64. The monoisotopic (exact) mass is 419 g/mol. The molecule has 0 aliphatic heterocycles. The Morgan fingerprint density at radius 3 is 2.79 bits per heavy atom. The number of nitrogens with zero attached hydrogens (tertiary/aromatic N) is 3. The van der Waals surface area contributed by atoms with Crippen LogP contribution in [0.15, 0.2) is 35.8 Å². The van der Waals surface area contributed by atoms with Gasteiger partial charge in [-0.25, -0.2) is 14.8 Å². The van der Waals surface area contributed by atoms with Crippen LogP contribution in [0.25, 0.3) is 10.6 Å². The minimum absolute atomic E-state index is 0.0111. The summed E-state index contributed by atoms with van der Waals surface area (Å²) in [6.45, 7) is 0.825. The molecule has 28 heavy (non-hydrogen) atoms. The number of nitro benzene ring substituents is 1. The molecule has 0 spiro atoms. The van der Waals surface area contributed by atoms with Gasteiger partial charge in [0.05, 0.1) is 27.0 Å². The van der Waals surface area contributed by atoms with Gasteiger partial charge in [0.1, 0.15) is 11.6 Å². The van der Waals surface area contributed by atoms with Gasteiger partial charge >= 0.3 is 6.09 Å². The molecule has 0 saturated carbocycles. The summed E-state index contributed by atoms with van der Waals surface area (Å²) in [5.74, 6) is 0. The van der Waals surface area contributed by atoms with E-state index in [0.29, 0.717) is 12.1 Å². The van der Waals surface area contributed by atoms with Crippen molar-refractivity contribution in [1.29, 1.82) is 0 Å². The fourth-order valence-corrected chi connectivity index (χ4v) is 3.94. The third-order valence-electron chi connectivity index (χ3n) is 3.62. The lowest BCUT2D eigenvalue weighted by Crippen LogP contribution is -2.23. The molecule has 11 heteroatoms. The molecule has 0 aliphatic carbocycles. The fourth-order valence-electron chi connectivity index (χ4n) is 2.23. The SMILES string of the molecule is NCCc1nc(-c2cnc(CNC(=O)OCc3ccc([N+](=O)[O-])cc3)s2)cs1. The van der Waals surface area contributed by atoms with Gasteiger partial charge in [0.2, 0.25) is 0 Å². The Morgan fingerprint density at radius 2 is 2.07 bits per heavy atom. The molecule has 3 rings (SSSR count). The summed E-state index contributed by atoms with van der Waals surface area (Å²) in [7, 11) is 0. The molecule has 0 saturated heterocycles. The van der Waals surface area contributed by atoms with E-state index in [1.807, 2.05) is 5.38 Å². The zero-order valence-electron chi connectivity index (χ0n) is 14.7. The molecular formula is C17H17N5O4S2. The number of nitrogens with one attached hydrogen (secondary N) is 1. The average molecular weight is 419 g/mol. The summed E-state index contributed by atoms with van der Waals surface area (Å²) >= 11 is 3.01. The number of carbonyl (C=O) groups excluding carboxylic acids is 1. The molecule has 1 amide bonds. The van der Waals surface area contributed by atoms with Crippen molar-refractivity contribution in [2.45, 2.75) is 19.6 Å². The molecule has 3 N–H and O–H groups in total. The number of hydrogen-bond donors (Lipinski definition) is 2. The number of nitro groups is 1. The van der Waals surface area contributed by atoms with Crippen LogP contribution in [-0.2, 0) is 24.3 Å². The fraction of sp³-hybridized carbons (Fsp3) is 0.235. The highest BCUT2D eigenvalue weighted by molar-refractivity contribution is 7.15. The zero-order chi connectivity index (χ0) is 19.9. The van der Waals surface area contributed by atoms with Gasteiger partial charge < -0.3 is 15.8 Å². The highest BCUT2D eigenvalue weighted by atomic mass is 32.1. The zero-order valence-corrected chi connectivity index (χ0v) is 16.3. The van der Waals surface area contributed by atoms with E-state index in [0.717, 1.165) is 27.0 Å². The standard InChI is InChI=1S/C17H17N5O4S2/c18-6-5-15-21-13(10-27-15)14-7-19-16(28-14)8-20-17(23)26-9-11-1-3-12(4-2-11)22(24)25/h1-4,7,10H,5-6,8-9,18H2,(H,20,23). The van der Waals surface area contributed by atoms with Crippen LogP contribution in [0.4, 0.5) is 10.5 Å². The second kappa shape index (κ2) is 9.35. The first-order chi connectivity index (χ1) is 13.5. The van der Waals surface area contributed by atoms with E-state index >= 15 is 0 Å². The Labute approximate surface area is 168 Å². The van der Waals surface area contributed by atoms with Crippen LogP contribution in [0.2, 0.25) is 0 Å². The Balaban J connectivity index is 1.46. The summed E-state index contributed by atoms with van der Waals surface area (Å²) in [5, 5.41) is 16.9. The van der Waals surface area contributed by atoms with E-state index in [2.05, 4.69) is 15.3 Å². The number of carbonyl (C=O) groups is 1. The molecule has 3 aromatic rings. The molecule has 0 bridgehead atoms. The summed E-state index contributed by atoms with van der Waals surface area (Å²) in [5.41, 5.74) is 7.05. The summed E-state index contributed by atoms with van der Waals surface area (Å²) < 4.78 is 5.11. The minimum Gasteiger partial charge on any atom is -0.445 e. The molecule has 2 heterocycles. The number of amides is 1. The van der Waals surface area contributed by atoms with Crippen LogP contribution in [-0.4, -0.2) is 27.5 Å². The molecule has 2 aromatic heterocycles. The molecular weight excluding hydrogens is 402 g/mol. The second-order valence-corrected chi connectivity index (χ2v) is 7.69. The van der Waals surface area contributed by atoms with Crippen LogP contribution in [0.5, 0.6) is 0 Å². The quantitative estimate of drug-likeness (QED) is 0.423. The minimum atomic E-state index is -0.589. The van der Waals surface area contributed by atoms with E-state index in [1.165, 1.54) is 23.5 Å². The lowest BCUT2D eigenvalue weighted by Gasteiger charge is -2.05. The number of ether oxygens (including phenoxy) is 1. The van der Waals surface area contributed by atoms with Crippen LogP contribution < -0.4 is 11.1 Å². The van der Waals surface area contributed by atoms with Crippen LogP contribution >= 0.6 is 22.7 Å². The Kier molecular flexibility index (Phi) is 6.63. The predicted molar refractivity (Wildman–Crippen MR) is 106 cm³/mol. The highest BCUT2D eigenvalue weighted by Gasteiger charge is 2.11. The number of rotatable bonds is 8. The lowest BCUT2D eigenvalue weighted by atomic mass is 10.2. The van der Waals surface area contributed by atoms with Crippen molar-refractivity contribution < 1.29 is 14.5 Å². The topological polar surface area (TPSA) is 133 Å². The van der Waals surface area contributed by atoms with Crippen molar-refractivity contribution in [3.63, 3.8) is 0 Å². The molecule has 0 radical (unpaired) electrons. The summed E-state index contributed by atoms with van der Waals surface area (Å²) in [6.07, 6.45) is 1.89. The van der Waals surface area contributed by atoms with E-state index in [-0.39, 0.29) is 18.8 Å². The maximum absolute atomic E-state index is 11.8. The van der Waals surface area contributed by atoms with Gasteiger partial charge in [0.25, 0.3) is 5.69 Å². The van der Waals surface area contributed by atoms with Gasteiger partial charge in [0, 0.05) is 30.1 Å². The summed E-state index contributed by atoms with van der Waals surface area (Å²) in [6, 6.07) is 5.83. The van der Waals surface area contributed by atoms with Crippen LogP contribution in [0.1, 0.15) is 15.6 Å². The Hall–Kier alpha value is -2.89. The predicted octanol–water partition coefficient (Wildman–Crippen LogP) is 3.10. The number of alkyl carbamates (subject to hydrolysis) is 1. The van der Waals surface area contributed by atoms with Crippen LogP contribution in [0.3, 0.4) is 0 Å². The normalized spacial score (nSPS) is 10.6. The third kappa shape index (κ3) is 5.31. The van der Waals surface area contributed by atoms with Crippen LogP contribution in [0, 0.1) is 10.1 Å². The Bertz CT molecular complexity index is 955. The van der Waals surface area contributed by atoms with Gasteiger partial charge in [0.15, 0.2) is 0 Å². The van der Waals surface area contributed by atoms with Gasteiger partial charge in [-0.05, 0) is 24.2 Å². The number of nitrogens with two attached hydrogens (primary N) is 1. The van der Waals surface area contributed by atoms with Gasteiger partial charge in [-0.2, -0.15) is 0 Å². The van der Waals surface area contributed by atoms with Gasteiger partial charge in [-0.3, -0.25) is 10.1 Å². The first-order valence-corrected chi connectivity index (χ1v) is 9.98. The first-order valence-electron chi connectivity index (χ1n) is 8.28. The molecule has 0 atom stereocenters. The van der Waals surface area contributed by atoms with Crippen molar-refractivity contribution in [2.75, 3.05) is 6.54 Å². The van der Waals surface area contributed by atoms with E-state index in [1.54, 1.807) is 29.7 Å². The smallest absolute Gasteiger partial charge is 0.407 e. The number of non-ortho nitro benzene ring substituents is 1. The van der Waals surface area contributed by atoms with Crippen molar-refractivity contribution in [3.05, 3.63) is 61.5 Å². The molecule has 146 valence electrons. The van der Waals surface area contributed by atoms with Crippen molar-refractivity contribution in [3.8, 4) is 10.6 Å². The van der Waals surface area contributed by atoms with Crippen molar-refractivity contribution in [1.82, 2.24) is 15.3 Å². The molecule has 1 aromatic carbocycles. The van der Waals surface area contributed by atoms with E-state index in [9.17, 15) is 14.9 Å². The number of hydrogen-bond acceptors (Lipinski definition) is 9. The number of aromatic nitrogens is 2.